The topological polar surface area (TPSA) is 81.4 Å². The van der Waals surface area contributed by atoms with Gasteiger partial charge in [0, 0.05) is 0 Å². The Bertz CT molecular complexity index is 421. The molecule has 0 atom stereocenters. The molecule has 16 heavy (non-hydrogen) atoms. The van der Waals surface area contributed by atoms with Gasteiger partial charge in [-0.15, -0.1) is 0 Å². The molecule has 0 saturated carbocycles. The molecule has 3 N–H and O–H groups in total. The number of nitrogens with one attached hydrogen (secondary N) is 1. The average Bonchev–Trinajstić information content (AvgIpc) is 2.15. The SMILES string of the molecule is Cc1cc(F)ccc1OCC(=O)NC(N)=O. The predicted octanol–water partition coefficient (Wildman–Crippen LogP) is 0.708. The summed E-state index contributed by atoms with van der Waals surface area (Å²) >= 11 is 0. The minimum atomic E-state index is -0.940. The van der Waals surface area contributed by atoms with Crippen molar-refractivity contribution in [2.45, 2.75) is 6.92 Å². The second-order valence-corrected chi connectivity index (χ2v) is 3.11. The van der Waals surface area contributed by atoms with Gasteiger partial charge in [0.15, 0.2) is 6.61 Å². The molecule has 0 heterocycles. The summed E-state index contributed by atoms with van der Waals surface area (Å²) in [6, 6.07) is 2.96. The van der Waals surface area contributed by atoms with Gasteiger partial charge in [-0.05, 0) is 30.7 Å². The lowest BCUT2D eigenvalue weighted by Gasteiger charge is -2.08. The van der Waals surface area contributed by atoms with E-state index in [4.69, 9.17) is 10.5 Å². The highest BCUT2D eigenvalue weighted by molar-refractivity contribution is 5.94. The van der Waals surface area contributed by atoms with Crippen molar-refractivity contribution in [3.05, 3.63) is 29.6 Å². The molecule has 6 heteroatoms. The number of amides is 3. The van der Waals surface area contributed by atoms with Gasteiger partial charge in [-0.3, -0.25) is 10.1 Å². The van der Waals surface area contributed by atoms with Crippen LogP contribution in [0.2, 0.25) is 0 Å². The Kier molecular flexibility index (Phi) is 3.82. The van der Waals surface area contributed by atoms with Gasteiger partial charge in [-0.2, -0.15) is 0 Å². The van der Waals surface area contributed by atoms with E-state index < -0.39 is 11.9 Å². The van der Waals surface area contributed by atoms with Crippen molar-refractivity contribution in [3.63, 3.8) is 0 Å². The van der Waals surface area contributed by atoms with Crippen LogP contribution in [-0.2, 0) is 4.79 Å². The van der Waals surface area contributed by atoms with Gasteiger partial charge in [-0.1, -0.05) is 0 Å². The Morgan fingerprint density at radius 3 is 2.75 bits per heavy atom. The van der Waals surface area contributed by atoms with Crippen molar-refractivity contribution in [3.8, 4) is 5.75 Å². The molecule has 0 aliphatic carbocycles. The largest absolute Gasteiger partial charge is 0.483 e. The number of urea groups is 1. The molecule has 5 nitrogen and oxygen atoms in total. The molecular weight excluding hydrogens is 215 g/mol. The summed E-state index contributed by atoms with van der Waals surface area (Å²) in [5.41, 5.74) is 5.30. The normalized spacial score (nSPS) is 9.62. The van der Waals surface area contributed by atoms with Gasteiger partial charge in [0.25, 0.3) is 5.91 Å². The monoisotopic (exact) mass is 226 g/mol. The fourth-order valence-electron chi connectivity index (χ4n) is 1.09. The van der Waals surface area contributed by atoms with Gasteiger partial charge in [0.1, 0.15) is 11.6 Å². The van der Waals surface area contributed by atoms with Crippen LogP contribution >= 0.6 is 0 Å². The number of rotatable bonds is 3. The van der Waals surface area contributed by atoms with Crippen LogP contribution in [0.5, 0.6) is 5.75 Å². The fraction of sp³-hybridized carbons (Fsp3) is 0.200. The summed E-state index contributed by atoms with van der Waals surface area (Å²) in [6.07, 6.45) is 0. The number of ether oxygens (including phenoxy) is 1. The molecule has 3 amide bonds. The van der Waals surface area contributed by atoms with Crippen molar-refractivity contribution >= 4 is 11.9 Å². The van der Waals surface area contributed by atoms with Crippen LogP contribution in [0.15, 0.2) is 18.2 Å². The third-order valence-corrected chi connectivity index (χ3v) is 1.76. The number of carbonyl (C=O) groups excluding carboxylic acids is 2. The van der Waals surface area contributed by atoms with Crippen LogP contribution in [0.4, 0.5) is 9.18 Å². The van der Waals surface area contributed by atoms with Crippen molar-refractivity contribution in [1.82, 2.24) is 5.32 Å². The highest BCUT2D eigenvalue weighted by Gasteiger charge is 2.06. The van der Waals surface area contributed by atoms with E-state index in [0.717, 1.165) is 0 Å². The Morgan fingerprint density at radius 1 is 1.50 bits per heavy atom. The molecule has 86 valence electrons. The molecule has 0 unspecified atom stereocenters. The summed E-state index contributed by atoms with van der Waals surface area (Å²) < 4.78 is 17.8. The van der Waals surface area contributed by atoms with Gasteiger partial charge >= 0.3 is 6.03 Å². The van der Waals surface area contributed by atoms with E-state index in [2.05, 4.69) is 0 Å². The maximum Gasteiger partial charge on any atom is 0.318 e. The number of primary amides is 1. The Hall–Kier alpha value is -2.11. The molecular formula is C10H11FN2O3. The van der Waals surface area contributed by atoms with E-state index in [1.165, 1.54) is 18.2 Å². The maximum atomic E-state index is 12.7. The number of nitrogens with two attached hydrogens (primary N) is 1. The molecule has 0 radical (unpaired) electrons. The van der Waals surface area contributed by atoms with Gasteiger partial charge in [-0.25, -0.2) is 9.18 Å². The highest BCUT2D eigenvalue weighted by Crippen LogP contribution is 2.17. The minimum Gasteiger partial charge on any atom is -0.483 e. The van der Waals surface area contributed by atoms with Gasteiger partial charge in [0.05, 0.1) is 0 Å². The summed E-state index contributed by atoms with van der Waals surface area (Å²) in [5, 5.41) is 1.84. The van der Waals surface area contributed by atoms with Crippen molar-refractivity contribution < 1.29 is 18.7 Å². The van der Waals surface area contributed by atoms with E-state index in [1.807, 2.05) is 5.32 Å². The van der Waals surface area contributed by atoms with Crippen LogP contribution in [-0.4, -0.2) is 18.5 Å². The van der Waals surface area contributed by atoms with Crippen molar-refractivity contribution in [2.75, 3.05) is 6.61 Å². The van der Waals surface area contributed by atoms with E-state index in [-0.39, 0.29) is 12.4 Å². The van der Waals surface area contributed by atoms with Crippen molar-refractivity contribution in [2.24, 2.45) is 5.73 Å². The average molecular weight is 226 g/mol. The fourth-order valence-corrected chi connectivity index (χ4v) is 1.09. The summed E-state index contributed by atoms with van der Waals surface area (Å²) in [4.78, 5) is 21.3. The zero-order valence-electron chi connectivity index (χ0n) is 8.62. The lowest BCUT2D eigenvalue weighted by atomic mass is 10.2. The number of hydrogen-bond acceptors (Lipinski definition) is 3. The number of aryl methyl sites for hydroxylation is 1. The Balaban J connectivity index is 2.54. The molecule has 0 fully saturated rings. The predicted molar refractivity (Wildman–Crippen MR) is 54.4 cm³/mol. The third kappa shape index (κ3) is 3.56. The lowest BCUT2D eigenvalue weighted by molar-refractivity contribution is -0.121. The molecule has 1 aromatic rings. The molecule has 0 aliphatic heterocycles. The number of hydrogen-bond donors (Lipinski definition) is 2. The van der Waals surface area contributed by atoms with Crippen LogP contribution in [0.3, 0.4) is 0 Å². The smallest absolute Gasteiger partial charge is 0.318 e. The molecule has 0 saturated heterocycles. The van der Waals surface area contributed by atoms with Crippen LogP contribution < -0.4 is 15.8 Å². The number of carbonyl (C=O) groups is 2. The molecule has 0 spiro atoms. The second kappa shape index (κ2) is 5.11. The standard InChI is InChI=1S/C10H11FN2O3/c1-6-4-7(11)2-3-8(6)16-5-9(14)13-10(12)15/h2-4H,5H2,1H3,(H3,12,13,14,15). The second-order valence-electron chi connectivity index (χ2n) is 3.11. The first-order valence-electron chi connectivity index (χ1n) is 4.47. The number of benzene rings is 1. The molecule has 1 aromatic carbocycles. The van der Waals surface area contributed by atoms with Crippen LogP contribution in [0, 0.1) is 12.7 Å². The number of imide groups is 1. The van der Waals surface area contributed by atoms with E-state index in [9.17, 15) is 14.0 Å². The molecule has 0 aromatic heterocycles. The summed E-state index contributed by atoms with van der Waals surface area (Å²) in [6.45, 7) is 1.29. The first-order valence-corrected chi connectivity index (χ1v) is 4.47. The van der Waals surface area contributed by atoms with Crippen molar-refractivity contribution in [1.29, 1.82) is 0 Å². The molecule has 0 bridgehead atoms. The zero-order valence-corrected chi connectivity index (χ0v) is 8.62. The molecule has 1 rings (SSSR count). The van der Waals surface area contributed by atoms with E-state index in [1.54, 1.807) is 6.92 Å². The first-order chi connectivity index (χ1) is 7.49. The summed E-state index contributed by atoms with van der Waals surface area (Å²) in [7, 11) is 0. The van der Waals surface area contributed by atoms with Crippen LogP contribution in [0.25, 0.3) is 0 Å². The van der Waals surface area contributed by atoms with Gasteiger partial charge in [0.2, 0.25) is 0 Å². The Labute approximate surface area is 91.4 Å². The zero-order chi connectivity index (χ0) is 12.1. The molecule has 0 aliphatic rings. The van der Waals surface area contributed by atoms with Gasteiger partial charge < -0.3 is 10.5 Å². The quantitative estimate of drug-likeness (QED) is 0.796. The third-order valence-electron chi connectivity index (χ3n) is 1.76. The Morgan fingerprint density at radius 2 is 2.19 bits per heavy atom. The minimum absolute atomic E-state index is 0.352. The highest BCUT2D eigenvalue weighted by atomic mass is 19.1. The van der Waals surface area contributed by atoms with Crippen LogP contribution in [0.1, 0.15) is 5.56 Å². The number of halogens is 1. The summed E-state index contributed by atoms with van der Waals surface area (Å²) in [5.74, 6) is -0.663. The first kappa shape index (κ1) is 12.0. The maximum absolute atomic E-state index is 12.7. The van der Waals surface area contributed by atoms with E-state index >= 15 is 0 Å². The lowest BCUT2D eigenvalue weighted by Crippen LogP contribution is -2.38. The van der Waals surface area contributed by atoms with E-state index in [0.29, 0.717) is 11.3 Å².